The third-order valence-electron chi connectivity index (χ3n) is 1.64. The molecular weight excluding hydrogens is 206 g/mol. The van der Waals surface area contributed by atoms with Gasteiger partial charge in [-0.3, -0.25) is 0 Å². The molecule has 1 aromatic rings. The third-order valence-corrected chi connectivity index (χ3v) is 1.95. The lowest BCUT2D eigenvalue weighted by atomic mass is 10.2. The minimum absolute atomic E-state index is 0.0233. The summed E-state index contributed by atoms with van der Waals surface area (Å²) < 4.78 is 0. The largest absolute Gasteiger partial charge is 0.397 e. The molecule has 0 atom stereocenters. The first-order valence-electron chi connectivity index (χ1n) is 3.96. The summed E-state index contributed by atoms with van der Waals surface area (Å²) in [5.41, 5.74) is 6.38. The summed E-state index contributed by atoms with van der Waals surface area (Å²) in [4.78, 5) is 10.3. The van der Waals surface area contributed by atoms with Crippen LogP contribution in [0.2, 0.25) is 5.02 Å². The van der Waals surface area contributed by atoms with Crippen LogP contribution < -0.4 is 11.1 Å². The van der Waals surface area contributed by atoms with E-state index in [2.05, 4.69) is 10.5 Å². The number of halogens is 1. The van der Waals surface area contributed by atoms with Crippen LogP contribution in [0.25, 0.3) is 0 Å². The molecule has 76 valence electrons. The van der Waals surface area contributed by atoms with Gasteiger partial charge in [0.2, 0.25) is 0 Å². The Morgan fingerprint density at radius 2 is 2.29 bits per heavy atom. The SMILES string of the molecule is Nc1cc(Cl)c(NCCO)cc1N=O. The van der Waals surface area contributed by atoms with Gasteiger partial charge in [-0.25, -0.2) is 0 Å². The summed E-state index contributed by atoms with van der Waals surface area (Å²) in [6.45, 7) is 0.326. The van der Waals surface area contributed by atoms with Crippen molar-refractivity contribution in [3.8, 4) is 0 Å². The van der Waals surface area contributed by atoms with Crippen molar-refractivity contribution in [2.24, 2.45) is 5.18 Å². The molecule has 0 aliphatic carbocycles. The number of anilines is 2. The molecule has 5 nitrogen and oxygen atoms in total. The molecule has 1 rings (SSSR count). The van der Waals surface area contributed by atoms with Gasteiger partial charge in [-0.2, -0.15) is 0 Å². The Balaban J connectivity index is 2.98. The van der Waals surface area contributed by atoms with Crippen molar-refractivity contribution >= 4 is 28.7 Å². The number of hydrogen-bond acceptors (Lipinski definition) is 5. The molecule has 0 amide bonds. The van der Waals surface area contributed by atoms with Crippen LogP contribution in [0.1, 0.15) is 0 Å². The zero-order valence-electron chi connectivity index (χ0n) is 7.33. The first-order chi connectivity index (χ1) is 6.69. The highest BCUT2D eigenvalue weighted by atomic mass is 35.5. The maximum absolute atomic E-state index is 10.3. The second kappa shape index (κ2) is 4.78. The van der Waals surface area contributed by atoms with Gasteiger partial charge in [0.25, 0.3) is 0 Å². The second-order valence-electron chi connectivity index (χ2n) is 2.63. The van der Waals surface area contributed by atoms with E-state index in [-0.39, 0.29) is 18.0 Å². The number of hydrogen-bond donors (Lipinski definition) is 3. The van der Waals surface area contributed by atoms with Gasteiger partial charge in [0.05, 0.1) is 23.0 Å². The van der Waals surface area contributed by atoms with Gasteiger partial charge in [-0.1, -0.05) is 11.6 Å². The molecular formula is C8H10ClN3O2. The molecule has 0 unspecified atom stereocenters. The van der Waals surface area contributed by atoms with Gasteiger partial charge < -0.3 is 16.2 Å². The molecule has 14 heavy (non-hydrogen) atoms. The fraction of sp³-hybridized carbons (Fsp3) is 0.250. The van der Waals surface area contributed by atoms with Crippen LogP contribution in [0.15, 0.2) is 17.3 Å². The Morgan fingerprint density at radius 3 is 2.86 bits per heavy atom. The Morgan fingerprint density at radius 1 is 1.57 bits per heavy atom. The zero-order chi connectivity index (χ0) is 10.6. The molecule has 0 aliphatic heterocycles. The number of nitrogen functional groups attached to an aromatic ring is 1. The second-order valence-corrected chi connectivity index (χ2v) is 3.04. The maximum Gasteiger partial charge on any atom is 0.133 e. The summed E-state index contributed by atoms with van der Waals surface area (Å²) in [7, 11) is 0. The molecule has 0 aromatic heterocycles. The van der Waals surface area contributed by atoms with E-state index >= 15 is 0 Å². The van der Waals surface area contributed by atoms with E-state index in [0.717, 1.165) is 0 Å². The van der Waals surface area contributed by atoms with Crippen LogP contribution in [-0.2, 0) is 0 Å². The van der Waals surface area contributed by atoms with Gasteiger partial charge in [-0.15, -0.1) is 4.91 Å². The normalized spacial score (nSPS) is 9.86. The molecule has 0 spiro atoms. The Bertz CT molecular complexity index is 344. The van der Waals surface area contributed by atoms with Gasteiger partial charge in [-0.05, 0) is 17.3 Å². The Kier molecular flexibility index (Phi) is 3.67. The lowest BCUT2D eigenvalue weighted by Crippen LogP contribution is -2.05. The summed E-state index contributed by atoms with van der Waals surface area (Å²) in [5.74, 6) is 0. The molecule has 0 aliphatic rings. The summed E-state index contributed by atoms with van der Waals surface area (Å²) >= 11 is 5.83. The van der Waals surface area contributed by atoms with E-state index in [1.807, 2.05) is 0 Å². The fourth-order valence-electron chi connectivity index (χ4n) is 0.982. The lowest BCUT2D eigenvalue weighted by Gasteiger charge is -2.08. The minimum atomic E-state index is -0.0233. The standard InChI is InChI=1S/C8H10ClN3O2/c9-5-3-6(10)8(12-14)4-7(5)11-1-2-13/h3-4,11,13H,1-2,10H2. The van der Waals surface area contributed by atoms with E-state index in [9.17, 15) is 4.91 Å². The molecule has 0 heterocycles. The lowest BCUT2D eigenvalue weighted by molar-refractivity contribution is 0.311. The topological polar surface area (TPSA) is 87.7 Å². The molecule has 1 aromatic carbocycles. The van der Waals surface area contributed by atoms with Gasteiger partial charge >= 0.3 is 0 Å². The number of aliphatic hydroxyl groups excluding tert-OH is 1. The number of nitrogens with two attached hydrogens (primary N) is 1. The molecule has 0 saturated heterocycles. The third kappa shape index (κ3) is 2.34. The molecule has 0 saturated carbocycles. The highest BCUT2D eigenvalue weighted by Gasteiger charge is 2.06. The van der Waals surface area contributed by atoms with Crippen LogP contribution in [0, 0.1) is 4.91 Å². The van der Waals surface area contributed by atoms with Crippen LogP contribution in [-0.4, -0.2) is 18.3 Å². The maximum atomic E-state index is 10.3. The van der Waals surface area contributed by atoms with E-state index in [0.29, 0.717) is 17.3 Å². The van der Waals surface area contributed by atoms with Crippen LogP contribution in [0.3, 0.4) is 0 Å². The van der Waals surface area contributed by atoms with Crippen molar-refractivity contribution in [3.05, 3.63) is 22.1 Å². The predicted octanol–water partition coefficient (Wildman–Crippen LogP) is 1.72. The van der Waals surface area contributed by atoms with E-state index in [4.69, 9.17) is 22.4 Å². The highest BCUT2D eigenvalue weighted by molar-refractivity contribution is 6.33. The van der Waals surface area contributed by atoms with Crippen molar-refractivity contribution in [3.63, 3.8) is 0 Å². The fourth-order valence-corrected chi connectivity index (χ4v) is 1.22. The van der Waals surface area contributed by atoms with Crippen molar-refractivity contribution < 1.29 is 5.11 Å². The van der Waals surface area contributed by atoms with E-state index in [1.54, 1.807) is 0 Å². The first kappa shape index (κ1) is 10.7. The smallest absolute Gasteiger partial charge is 0.133 e. The molecule has 4 N–H and O–H groups in total. The number of aliphatic hydroxyl groups is 1. The number of nitrogens with zero attached hydrogens (tertiary/aromatic N) is 1. The monoisotopic (exact) mass is 215 g/mol. The zero-order valence-corrected chi connectivity index (χ0v) is 8.08. The van der Waals surface area contributed by atoms with Gasteiger partial charge in [0.15, 0.2) is 0 Å². The van der Waals surface area contributed by atoms with Crippen molar-refractivity contribution in [1.82, 2.24) is 0 Å². The van der Waals surface area contributed by atoms with Crippen LogP contribution in [0.5, 0.6) is 0 Å². The van der Waals surface area contributed by atoms with Crippen LogP contribution >= 0.6 is 11.6 Å². The van der Waals surface area contributed by atoms with E-state index < -0.39 is 0 Å². The summed E-state index contributed by atoms with van der Waals surface area (Å²) in [6.07, 6.45) is 0. The Hall–Kier alpha value is -1.33. The number of benzene rings is 1. The van der Waals surface area contributed by atoms with Gasteiger partial charge in [0, 0.05) is 6.54 Å². The van der Waals surface area contributed by atoms with Crippen molar-refractivity contribution in [2.45, 2.75) is 0 Å². The minimum Gasteiger partial charge on any atom is -0.397 e. The predicted molar refractivity (Wildman–Crippen MR) is 56.9 cm³/mol. The molecule has 6 heteroatoms. The van der Waals surface area contributed by atoms with Crippen molar-refractivity contribution in [1.29, 1.82) is 0 Å². The molecule has 0 radical (unpaired) electrons. The summed E-state index contributed by atoms with van der Waals surface area (Å²) in [6, 6.07) is 2.89. The molecule has 0 fully saturated rings. The van der Waals surface area contributed by atoms with E-state index in [1.165, 1.54) is 12.1 Å². The average molecular weight is 216 g/mol. The Labute approximate surface area is 85.8 Å². The van der Waals surface area contributed by atoms with Crippen LogP contribution in [0.4, 0.5) is 17.1 Å². The number of nitrogens with one attached hydrogen (secondary N) is 1. The van der Waals surface area contributed by atoms with Gasteiger partial charge in [0.1, 0.15) is 5.69 Å². The number of nitroso groups, excluding NO2 is 1. The summed E-state index contributed by atoms with van der Waals surface area (Å²) in [5, 5.41) is 14.5. The average Bonchev–Trinajstić information content (AvgIpc) is 2.17. The highest BCUT2D eigenvalue weighted by Crippen LogP contribution is 2.32. The quantitative estimate of drug-likeness (QED) is 0.527. The number of rotatable bonds is 4. The first-order valence-corrected chi connectivity index (χ1v) is 4.34. The molecule has 0 bridgehead atoms. The van der Waals surface area contributed by atoms with Crippen molar-refractivity contribution in [2.75, 3.05) is 24.2 Å².